The van der Waals surface area contributed by atoms with Crippen molar-refractivity contribution >= 4 is 11.7 Å². The zero-order valence-electron chi connectivity index (χ0n) is 13.4. The standard InChI is InChI=1S/C17H18N6O/c1-11-19-10-14-8-13(4-7-23(11)14)17(24)20-16-9-15(21-22-16)12-2-5-18-6-3-12/h2-3,5-6,9-10,13H,4,7-8H2,1H3,(H2,20,21,22,24). The molecule has 7 heteroatoms. The van der Waals surface area contributed by atoms with Crippen molar-refractivity contribution in [2.24, 2.45) is 5.92 Å². The highest BCUT2D eigenvalue weighted by molar-refractivity contribution is 5.92. The summed E-state index contributed by atoms with van der Waals surface area (Å²) in [5.41, 5.74) is 2.96. The Labute approximate surface area is 139 Å². The lowest BCUT2D eigenvalue weighted by Crippen LogP contribution is -2.30. The Morgan fingerprint density at radius 3 is 3.04 bits per heavy atom. The van der Waals surface area contributed by atoms with E-state index in [-0.39, 0.29) is 11.8 Å². The van der Waals surface area contributed by atoms with Crippen molar-refractivity contribution < 1.29 is 4.79 Å². The predicted molar refractivity (Wildman–Crippen MR) is 89.2 cm³/mol. The van der Waals surface area contributed by atoms with Crippen molar-refractivity contribution in [3.63, 3.8) is 0 Å². The largest absolute Gasteiger partial charge is 0.332 e. The summed E-state index contributed by atoms with van der Waals surface area (Å²) in [5.74, 6) is 1.52. The number of aromatic amines is 1. The van der Waals surface area contributed by atoms with Crippen LogP contribution in [0.5, 0.6) is 0 Å². The molecule has 122 valence electrons. The zero-order chi connectivity index (χ0) is 16.5. The van der Waals surface area contributed by atoms with Gasteiger partial charge in [0.05, 0.1) is 5.69 Å². The third-order valence-electron chi connectivity index (χ3n) is 4.49. The molecule has 0 saturated heterocycles. The van der Waals surface area contributed by atoms with Crippen LogP contribution in [0.25, 0.3) is 11.3 Å². The third kappa shape index (κ3) is 2.68. The molecule has 0 bridgehead atoms. The number of nitrogens with one attached hydrogen (secondary N) is 2. The second-order valence-corrected chi connectivity index (χ2v) is 6.03. The molecule has 0 aromatic carbocycles. The number of imidazole rings is 1. The Balaban J connectivity index is 1.45. The van der Waals surface area contributed by atoms with Crippen LogP contribution in [0.4, 0.5) is 5.82 Å². The molecule has 0 spiro atoms. The highest BCUT2D eigenvalue weighted by Gasteiger charge is 2.26. The van der Waals surface area contributed by atoms with Gasteiger partial charge in [0, 0.05) is 54.8 Å². The average molecular weight is 322 g/mol. The van der Waals surface area contributed by atoms with Crippen LogP contribution in [-0.4, -0.2) is 30.6 Å². The highest BCUT2D eigenvalue weighted by atomic mass is 16.2. The van der Waals surface area contributed by atoms with Gasteiger partial charge in [-0.1, -0.05) is 0 Å². The lowest BCUT2D eigenvalue weighted by atomic mass is 9.95. The summed E-state index contributed by atoms with van der Waals surface area (Å²) in [7, 11) is 0. The van der Waals surface area contributed by atoms with Gasteiger partial charge in [0.15, 0.2) is 5.82 Å². The Morgan fingerprint density at radius 1 is 1.38 bits per heavy atom. The summed E-state index contributed by atoms with van der Waals surface area (Å²) in [6.45, 7) is 2.83. The number of rotatable bonds is 3. The molecule has 7 nitrogen and oxygen atoms in total. The van der Waals surface area contributed by atoms with Crippen LogP contribution < -0.4 is 5.32 Å². The van der Waals surface area contributed by atoms with Gasteiger partial charge < -0.3 is 9.88 Å². The number of hydrogen-bond donors (Lipinski definition) is 2. The van der Waals surface area contributed by atoms with E-state index in [4.69, 9.17) is 0 Å². The summed E-state index contributed by atoms with van der Waals surface area (Å²) in [6.07, 6.45) is 6.85. The summed E-state index contributed by atoms with van der Waals surface area (Å²) in [6, 6.07) is 5.62. The summed E-state index contributed by atoms with van der Waals surface area (Å²) >= 11 is 0. The van der Waals surface area contributed by atoms with Gasteiger partial charge in [-0.05, 0) is 25.5 Å². The number of fused-ring (bicyclic) bond motifs is 1. The maximum Gasteiger partial charge on any atom is 0.229 e. The first-order chi connectivity index (χ1) is 11.7. The monoisotopic (exact) mass is 322 g/mol. The van der Waals surface area contributed by atoms with E-state index in [2.05, 4.69) is 30.0 Å². The SMILES string of the molecule is Cc1ncc2n1CCC(C(=O)Nc1cc(-c3ccncc3)[nH]n1)C2. The molecule has 24 heavy (non-hydrogen) atoms. The molecule has 1 amide bonds. The van der Waals surface area contributed by atoms with Crippen LogP contribution >= 0.6 is 0 Å². The van der Waals surface area contributed by atoms with E-state index in [1.54, 1.807) is 12.4 Å². The predicted octanol–water partition coefficient (Wildman–Crippen LogP) is 2.18. The Kier molecular flexibility index (Phi) is 3.60. The number of aromatic nitrogens is 5. The van der Waals surface area contributed by atoms with Gasteiger partial charge in [0.2, 0.25) is 5.91 Å². The van der Waals surface area contributed by atoms with E-state index < -0.39 is 0 Å². The molecule has 1 atom stereocenters. The van der Waals surface area contributed by atoms with Gasteiger partial charge in [-0.3, -0.25) is 14.9 Å². The van der Waals surface area contributed by atoms with Crippen molar-refractivity contribution in [2.75, 3.05) is 5.32 Å². The quantitative estimate of drug-likeness (QED) is 0.773. The molecule has 4 rings (SSSR count). The number of H-pyrrole nitrogens is 1. The second kappa shape index (κ2) is 5.92. The molecule has 1 aliphatic rings. The molecule has 2 N–H and O–H groups in total. The van der Waals surface area contributed by atoms with E-state index in [9.17, 15) is 4.79 Å². The van der Waals surface area contributed by atoms with E-state index in [1.165, 1.54) is 0 Å². The van der Waals surface area contributed by atoms with Crippen LogP contribution in [0.1, 0.15) is 17.9 Å². The first-order valence-electron chi connectivity index (χ1n) is 7.98. The molecule has 3 aromatic heterocycles. The maximum absolute atomic E-state index is 12.5. The topological polar surface area (TPSA) is 88.5 Å². The fraction of sp³-hybridized carbons (Fsp3) is 0.294. The minimum absolute atomic E-state index is 0.00730. The smallest absolute Gasteiger partial charge is 0.229 e. The molecule has 0 fully saturated rings. The van der Waals surface area contributed by atoms with Gasteiger partial charge in [-0.25, -0.2) is 4.98 Å². The number of pyridine rings is 1. The van der Waals surface area contributed by atoms with Gasteiger partial charge in [-0.15, -0.1) is 0 Å². The summed E-state index contributed by atoms with van der Waals surface area (Å²) in [5, 5.41) is 10.0. The van der Waals surface area contributed by atoms with Crippen molar-refractivity contribution in [1.29, 1.82) is 0 Å². The molecule has 0 radical (unpaired) electrons. The molecule has 0 saturated carbocycles. The minimum atomic E-state index is -0.0466. The molecular weight excluding hydrogens is 304 g/mol. The molecule has 3 aromatic rings. The van der Waals surface area contributed by atoms with E-state index >= 15 is 0 Å². The van der Waals surface area contributed by atoms with Gasteiger partial charge >= 0.3 is 0 Å². The Hall–Kier alpha value is -2.96. The normalized spacial score (nSPS) is 16.6. The van der Waals surface area contributed by atoms with Crippen molar-refractivity contribution in [3.05, 3.63) is 48.3 Å². The van der Waals surface area contributed by atoms with Crippen LogP contribution in [-0.2, 0) is 17.8 Å². The van der Waals surface area contributed by atoms with Gasteiger partial charge in [-0.2, -0.15) is 5.10 Å². The Bertz CT molecular complexity index is 866. The molecular formula is C17H18N6O. The van der Waals surface area contributed by atoms with E-state index in [0.29, 0.717) is 12.2 Å². The Morgan fingerprint density at radius 2 is 2.21 bits per heavy atom. The van der Waals surface area contributed by atoms with Crippen LogP contribution in [0.3, 0.4) is 0 Å². The average Bonchev–Trinajstić information content (AvgIpc) is 3.22. The minimum Gasteiger partial charge on any atom is -0.332 e. The number of anilines is 1. The third-order valence-corrected chi connectivity index (χ3v) is 4.49. The molecule has 4 heterocycles. The fourth-order valence-electron chi connectivity index (χ4n) is 3.14. The highest BCUT2D eigenvalue weighted by Crippen LogP contribution is 2.24. The van der Waals surface area contributed by atoms with Gasteiger partial charge in [0.1, 0.15) is 5.82 Å². The second-order valence-electron chi connectivity index (χ2n) is 6.03. The van der Waals surface area contributed by atoms with Crippen molar-refractivity contribution in [2.45, 2.75) is 26.3 Å². The number of hydrogen-bond acceptors (Lipinski definition) is 4. The lowest BCUT2D eigenvalue weighted by Gasteiger charge is -2.23. The number of carbonyl (C=O) groups excluding carboxylic acids is 1. The maximum atomic E-state index is 12.5. The first-order valence-corrected chi connectivity index (χ1v) is 7.98. The number of nitrogens with zero attached hydrogens (tertiary/aromatic N) is 4. The van der Waals surface area contributed by atoms with Crippen LogP contribution in [0, 0.1) is 12.8 Å². The molecule has 0 aliphatic carbocycles. The first kappa shape index (κ1) is 14.6. The van der Waals surface area contributed by atoms with E-state index in [1.807, 2.05) is 31.3 Å². The fourth-order valence-corrected chi connectivity index (χ4v) is 3.14. The van der Waals surface area contributed by atoms with E-state index in [0.717, 1.165) is 35.7 Å². The number of aryl methyl sites for hydroxylation is 1. The van der Waals surface area contributed by atoms with Crippen molar-refractivity contribution in [3.8, 4) is 11.3 Å². The number of carbonyl (C=O) groups is 1. The van der Waals surface area contributed by atoms with Crippen LogP contribution in [0.2, 0.25) is 0 Å². The summed E-state index contributed by atoms with van der Waals surface area (Å²) < 4.78 is 2.18. The summed E-state index contributed by atoms with van der Waals surface area (Å²) in [4.78, 5) is 20.8. The van der Waals surface area contributed by atoms with Crippen molar-refractivity contribution in [1.82, 2.24) is 24.7 Å². The van der Waals surface area contributed by atoms with Gasteiger partial charge in [0.25, 0.3) is 0 Å². The zero-order valence-corrected chi connectivity index (χ0v) is 13.4. The number of amides is 1. The lowest BCUT2D eigenvalue weighted by molar-refractivity contribution is -0.120. The van der Waals surface area contributed by atoms with Crippen LogP contribution in [0.15, 0.2) is 36.8 Å². The molecule has 1 aliphatic heterocycles. The molecule has 1 unspecified atom stereocenters.